The van der Waals surface area contributed by atoms with Gasteiger partial charge in [-0.1, -0.05) is 176 Å². The van der Waals surface area contributed by atoms with Crippen molar-refractivity contribution in [3.05, 3.63) is 205 Å². The van der Waals surface area contributed by atoms with E-state index in [1.54, 1.807) is 0 Å². The predicted molar refractivity (Wildman–Crippen MR) is 229 cm³/mol. The zero-order valence-corrected chi connectivity index (χ0v) is 29.8. The Bertz CT molecular complexity index is 3120. The second-order valence-corrected chi connectivity index (χ2v) is 14.1. The molecule has 0 spiro atoms. The van der Waals surface area contributed by atoms with Crippen LogP contribution in [0, 0.1) is 0 Å². The Morgan fingerprint density at radius 2 is 0.945 bits per heavy atom. The minimum atomic E-state index is -0.416. The Labute approximate surface area is 317 Å². The van der Waals surface area contributed by atoms with Gasteiger partial charge < -0.3 is 9.73 Å². The molecule has 0 radical (unpaired) electrons. The molecule has 0 saturated carbocycles. The zero-order valence-electron chi connectivity index (χ0n) is 29.8. The number of benzene rings is 9. The average Bonchev–Trinajstić information content (AvgIpc) is 3.66. The van der Waals surface area contributed by atoms with Gasteiger partial charge in [-0.2, -0.15) is 0 Å². The highest BCUT2D eigenvalue weighted by atomic mass is 16.3. The van der Waals surface area contributed by atoms with Crippen LogP contribution in [0.15, 0.2) is 202 Å². The van der Waals surface area contributed by atoms with E-state index in [9.17, 15) is 0 Å². The molecule has 2 heterocycles. The number of hydrogen-bond donors (Lipinski definition) is 1. The fourth-order valence-electron chi connectivity index (χ4n) is 8.31. The lowest BCUT2D eigenvalue weighted by Gasteiger charge is -2.24. The van der Waals surface area contributed by atoms with Crippen molar-refractivity contribution in [1.29, 1.82) is 0 Å². The maximum absolute atomic E-state index is 6.81. The van der Waals surface area contributed by atoms with E-state index in [-0.39, 0.29) is 0 Å². The van der Waals surface area contributed by atoms with Crippen molar-refractivity contribution in [3.8, 4) is 22.3 Å². The Hall–Kier alpha value is -7.30. The van der Waals surface area contributed by atoms with Crippen molar-refractivity contribution >= 4 is 65.9 Å². The first-order valence-corrected chi connectivity index (χ1v) is 18.7. The predicted octanol–water partition coefficient (Wildman–Crippen LogP) is 12.9. The van der Waals surface area contributed by atoms with E-state index in [1.807, 2.05) is 30.3 Å². The van der Waals surface area contributed by atoms with Gasteiger partial charge in [-0.3, -0.25) is 0 Å². The van der Waals surface area contributed by atoms with Gasteiger partial charge in [0.25, 0.3) is 0 Å². The molecular weight excluding hydrogens is 671 g/mol. The molecule has 0 saturated heterocycles. The first-order valence-electron chi connectivity index (χ1n) is 18.7. The summed E-state index contributed by atoms with van der Waals surface area (Å²) in [6.07, 6.45) is -0.416. The summed E-state index contributed by atoms with van der Waals surface area (Å²) < 4.78 is 6.81. The Balaban J connectivity index is 1.08. The molecule has 9 aromatic carbocycles. The smallest absolute Gasteiger partial charge is 0.159 e. The molecule has 11 rings (SSSR count). The highest BCUT2D eigenvalue weighted by Gasteiger charge is 2.26. The molecule has 0 aliphatic carbocycles. The first-order chi connectivity index (χ1) is 27.3. The summed E-state index contributed by atoms with van der Waals surface area (Å²) in [5, 5.41) is 13.3. The van der Waals surface area contributed by atoms with Crippen molar-refractivity contribution in [2.75, 3.05) is 0 Å². The molecule has 0 amide bonds. The van der Waals surface area contributed by atoms with Crippen molar-refractivity contribution in [2.24, 2.45) is 9.98 Å². The van der Waals surface area contributed by atoms with E-state index in [0.717, 1.165) is 61.2 Å². The molecule has 4 nitrogen and oxygen atoms in total. The van der Waals surface area contributed by atoms with Gasteiger partial charge in [-0.05, 0) is 61.1 Å². The Kier molecular flexibility index (Phi) is 7.20. The molecule has 0 fully saturated rings. The Morgan fingerprint density at radius 1 is 0.418 bits per heavy atom. The third-order valence-electron chi connectivity index (χ3n) is 10.9. The number of nitrogens with zero attached hydrogens (tertiary/aromatic N) is 2. The molecule has 10 aromatic rings. The van der Waals surface area contributed by atoms with Gasteiger partial charge in [0.2, 0.25) is 0 Å². The van der Waals surface area contributed by atoms with Crippen LogP contribution in [0.5, 0.6) is 0 Å². The standard InChI is InChI=1S/C51H33N3O/c1-3-13-32(14-4-1)33-23-25-35(26-24-33)50-52-49(34-15-5-2-6-16-34)53-51(54-50)44-30-29-37(48-47(44)43-21-11-12-22-46(43)55-48)36-27-28-42-40-19-8-7-17-38(40)39-18-9-10-20-41(39)45(42)31-36/h1-31,51H,(H,52,53,54). The van der Waals surface area contributed by atoms with Gasteiger partial charge in [-0.15, -0.1) is 0 Å². The van der Waals surface area contributed by atoms with Gasteiger partial charge in [0, 0.05) is 33.0 Å². The topological polar surface area (TPSA) is 49.9 Å². The van der Waals surface area contributed by atoms with Crippen LogP contribution in [-0.2, 0) is 0 Å². The number of nitrogens with one attached hydrogen (secondary N) is 1. The summed E-state index contributed by atoms with van der Waals surface area (Å²) in [7, 11) is 0. The fraction of sp³-hybridized carbons (Fsp3) is 0.0196. The van der Waals surface area contributed by atoms with Crippen LogP contribution in [0.3, 0.4) is 0 Å². The van der Waals surface area contributed by atoms with Crippen LogP contribution in [-0.4, -0.2) is 11.7 Å². The molecule has 55 heavy (non-hydrogen) atoms. The van der Waals surface area contributed by atoms with E-state index in [1.165, 1.54) is 37.9 Å². The summed E-state index contributed by atoms with van der Waals surface area (Å²) in [5.74, 6) is 1.46. The molecule has 1 aliphatic rings. The van der Waals surface area contributed by atoms with Gasteiger partial charge in [0.15, 0.2) is 5.84 Å². The largest absolute Gasteiger partial charge is 0.455 e. The molecular formula is C51H33N3O. The van der Waals surface area contributed by atoms with E-state index < -0.39 is 6.17 Å². The van der Waals surface area contributed by atoms with Crippen LogP contribution < -0.4 is 5.32 Å². The van der Waals surface area contributed by atoms with Crippen molar-refractivity contribution in [2.45, 2.75) is 6.17 Å². The third kappa shape index (κ3) is 5.22. The summed E-state index contributed by atoms with van der Waals surface area (Å²) >= 11 is 0. The molecule has 0 bridgehead atoms. The van der Waals surface area contributed by atoms with Crippen LogP contribution >= 0.6 is 0 Å². The molecule has 1 aromatic heterocycles. The maximum Gasteiger partial charge on any atom is 0.159 e. The highest BCUT2D eigenvalue weighted by molar-refractivity contribution is 6.26. The van der Waals surface area contributed by atoms with Crippen molar-refractivity contribution < 1.29 is 4.42 Å². The van der Waals surface area contributed by atoms with Gasteiger partial charge in [0.05, 0.1) is 0 Å². The first kappa shape index (κ1) is 31.2. The van der Waals surface area contributed by atoms with Crippen LogP contribution in [0.1, 0.15) is 22.9 Å². The lowest BCUT2D eigenvalue weighted by atomic mass is 9.91. The maximum atomic E-state index is 6.81. The molecule has 1 N–H and O–H groups in total. The number of fused-ring (bicyclic) bond motifs is 9. The second kappa shape index (κ2) is 12.7. The lowest BCUT2D eigenvalue weighted by Crippen LogP contribution is -2.33. The van der Waals surface area contributed by atoms with E-state index >= 15 is 0 Å². The number of furan rings is 1. The zero-order chi connectivity index (χ0) is 36.3. The van der Waals surface area contributed by atoms with E-state index in [0.29, 0.717) is 5.84 Å². The van der Waals surface area contributed by atoms with E-state index in [2.05, 4.69) is 163 Å². The molecule has 1 aliphatic heterocycles. The molecule has 4 heteroatoms. The third-order valence-corrected chi connectivity index (χ3v) is 10.9. The highest BCUT2D eigenvalue weighted by Crippen LogP contribution is 2.43. The molecule has 258 valence electrons. The summed E-state index contributed by atoms with van der Waals surface area (Å²) in [6.45, 7) is 0. The fourth-order valence-corrected chi connectivity index (χ4v) is 8.31. The summed E-state index contributed by atoms with van der Waals surface area (Å²) in [5.41, 5.74) is 9.17. The number of hydrogen-bond acceptors (Lipinski definition) is 4. The second-order valence-electron chi connectivity index (χ2n) is 14.1. The molecule has 1 atom stereocenters. The SMILES string of the molecule is c1ccc(C2=NC(c3ccc(-c4ccc5c6ccccc6c6ccccc6c5c4)c4oc5ccccc5c34)NC(c3ccc(-c4ccccc4)cc3)=N2)cc1. The number of aliphatic imine (C=N–C) groups is 2. The quantitative estimate of drug-likeness (QED) is 0.181. The summed E-state index contributed by atoms with van der Waals surface area (Å²) in [6, 6.07) is 66.2. The lowest BCUT2D eigenvalue weighted by molar-refractivity contribution is 0.663. The minimum absolute atomic E-state index is 0.416. The summed E-state index contributed by atoms with van der Waals surface area (Å²) in [4.78, 5) is 10.4. The Morgan fingerprint density at radius 3 is 1.64 bits per heavy atom. The number of para-hydroxylation sites is 1. The van der Waals surface area contributed by atoms with Gasteiger partial charge in [-0.25, -0.2) is 9.98 Å². The van der Waals surface area contributed by atoms with E-state index in [4.69, 9.17) is 14.4 Å². The molecule has 1 unspecified atom stereocenters. The van der Waals surface area contributed by atoms with Gasteiger partial charge >= 0.3 is 0 Å². The van der Waals surface area contributed by atoms with Gasteiger partial charge in [0.1, 0.15) is 23.2 Å². The normalized spacial score (nSPS) is 14.4. The minimum Gasteiger partial charge on any atom is -0.455 e. The van der Waals surface area contributed by atoms with Crippen LogP contribution in [0.4, 0.5) is 0 Å². The van der Waals surface area contributed by atoms with Crippen molar-refractivity contribution in [1.82, 2.24) is 5.32 Å². The average molecular weight is 704 g/mol. The van der Waals surface area contributed by atoms with Crippen molar-refractivity contribution in [3.63, 3.8) is 0 Å². The van der Waals surface area contributed by atoms with Crippen LogP contribution in [0.25, 0.3) is 76.5 Å². The number of amidine groups is 2. The monoisotopic (exact) mass is 703 g/mol. The van der Waals surface area contributed by atoms with Crippen LogP contribution in [0.2, 0.25) is 0 Å². The number of rotatable bonds is 5.